The van der Waals surface area contributed by atoms with Gasteiger partial charge in [-0.1, -0.05) is 36.4 Å². The van der Waals surface area contributed by atoms with E-state index in [1.54, 1.807) is 19.3 Å². The van der Waals surface area contributed by atoms with Crippen molar-refractivity contribution in [3.05, 3.63) is 97.5 Å². The van der Waals surface area contributed by atoms with Gasteiger partial charge in [0.2, 0.25) is 5.91 Å². The summed E-state index contributed by atoms with van der Waals surface area (Å²) < 4.78 is 0. The first-order valence-corrected chi connectivity index (χ1v) is 10.6. The van der Waals surface area contributed by atoms with E-state index in [9.17, 15) is 4.79 Å². The predicted octanol–water partition coefficient (Wildman–Crippen LogP) is 6.10. The molecule has 0 saturated carbocycles. The van der Waals surface area contributed by atoms with Crippen LogP contribution in [0.4, 0.5) is 17.2 Å². The maximum atomic E-state index is 11.9. The summed E-state index contributed by atoms with van der Waals surface area (Å²) in [5.74, 6) is 0.517. The smallest absolute Gasteiger partial charge is 0.248 e. The van der Waals surface area contributed by atoms with Gasteiger partial charge in [0.05, 0.1) is 11.0 Å². The fraction of sp³-hybridized carbons (Fsp3) is 0.0370. The fourth-order valence-corrected chi connectivity index (χ4v) is 3.71. The zero-order valence-corrected chi connectivity index (χ0v) is 18.0. The van der Waals surface area contributed by atoms with Crippen LogP contribution in [0.5, 0.6) is 0 Å². The maximum absolute atomic E-state index is 11.9. The number of benzene rings is 3. The lowest BCUT2D eigenvalue weighted by Crippen LogP contribution is -2.07. The maximum Gasteiger partial charge on any atom is 0.248 e. The third kappa shape index (κ3) is 4.41. The summed E-state index contributed by atoms with van der Waals surface area (Å²) in [6, 6.07) is 23.8. The van der Waals surface area contributed by atoms with Crippen molar-refractivity contribution in [2.45, 2.75) is 6.92 Å². The molecule has 0 spiro atoms. The van der Waals surface area contributed by atoms with E-state index in [2.05, 4.69) is 43.8 Å². The zero-order chi connectivity index (χ0) is 22.6. The van der Waals surface area contributed by atoms with Crippen LogP contribution in [0.25, 0.3) is 32.9 Å². The molecule has 5 aromatic rings. The van der Waals surface area contributed by atoms with Gasteiger partial charge in [-0.25, -0.2) is 9.97 Å². The summed E-state index contributed by atoms with van der Waals surface area (Å²) in [7, 11) is 0. The van der Waals surface area contributed by atoms with Crippen molar-refractivity contribution in [2.75, 3.05) is 10.6 Å². The summed E-state index contributed by atoms with van der Waals surface area (Å²) in [4.78, 5) is 25.3. The second-order valence-electron chi connectivity index (χ2n) is 7.57. The average Bonchev–Trinajstić information content (AvgIpc) is 2.84. The largest absolute Gasteiger partial charge is 0.340 e. The van der Waals surface area contributed by atoms with Gasteiger partial charge in [0.1, 0.15) is 12.1 Å². The van der Waals surface area contributed by atoms with E-state index < -0.39 is 0 Å². The van der Waals surface area contributed by atoms with E-state index in [1.165, 1.54) is 6.08 Å². The SMILES string of the molecule is C/C=C/C(=O)Nc1cccc(Nc2ncnc3ccc(-c4cnc5ccccc5c4)cc23)c1. The van der Waals surface area contributed by atoms with Gasteiger partial charge in [-0.15, -0.1) is 0 Å². The van der Waals surface area contributed by atoms with E-state index in [0.717, 1.165) is 38.6 Å². The minimum atomic E-state index is -0.171. The van der Waals surface area contributed by atoms with Crippen LogP contribution in [0.1, 0.15) is 6.92 Å². The van der Waals surface area contributed by atoms with Crippen LogP contribution in [0, 0.1) is 0 Å². The molecular weight excluding hydrogens is 410 g/mol. The first-order valence-electron chi connectivity index (χ1n) is 10.6. The number of rotatable bonds is 5. The minimum Gasteiger partial charge on any atom is -0.340 e. The summed E-state index contributed by atoms with van der Waals surface area (Å²) in [5.41, 5.74) is 5.37. The summed E-state index contributed by atoms with van der Waals surface area (Å²) in [5, 5.41) is 8.20. The minimum absolute atomic E-state index is 0.171. The monoisotopic (exact) mass is 431 g/mol. The van der Waals surface area contributed by atoms with Gasteiger partial charge in [0.25, 0.3) is 0 Å². The molecular formula is C27H21N5O. The molecule has 5 rings (SSSR count). The molecule has 0 saturated heterocycles. The Morgan fingerprint density at radius 2 is 1.70 bits per heavy atom. The molecule has 2 aromatic heterocycles. The molecule has 0 atom stereocenters. The number of nitrogens with zero attached hydrogens (tertiary/aromatic N) is 3. The Morgan fingerprint density at radius 1 is 0.818 bits per heavy atom. The molecule has 6 heteroatoms. The third-order valence-corrected chi connectivity index (χ3v) is 5.27. The molecule has 0 aliphatic rings. The zero-order valence-electron chi connectivity index (χ0n) is 18.0. The number of allylic oxidation sites excluding steroid dienone is 1. The van der Waals surface area contributed by atoms with E-state index in [1.807, 2.05) is 60.8 Å². The van der Waals surface area contributed by atoms with Crippen molar-refractivity contribution in [3.8, 4) is 11.1 Å². The highest BCUT2D eigenvalue weighted by Crippen LogP contribution is 2.30. The number of pyridine rings is 1. The highest BCUT2D eigenvalue weighted by atomic mass is 16.1. The number of carbonyl (C=O) groups excluding carboxylic acids is 1. The Bertz CT molecular complexity index is 1510. The molecule has 0 bridgehead atoms. The number of anilines is 3. The van der Waals surface area contributed by atoms with Crippen molar-refractivity contribution >= 4 is 44.9 Å². The van der Waals surface area contributed by atoms with Gasteiger partial charge in [0, 0.05) is 33.9 Å². The van der Waals surface area contributed by atoms with E-state index in [-0.39, 0.29) is 5.91 Å². The molecule has 1 amide bonds. The molecule has 160 valence electrons. The third-order valence-electron chi connectivity index (χ3n) is 5.27. The first kappa shape index (κ1) is 20.3. The topological polar surface area (TPSA) is 79.8 Å². The van der Waals surface area contributed by atoms with Crippen molar-refractivity contribution in [1.29, 1.82) is 0 Å². The fourth-order valence-electron chi connectivity index (χ4n) is 3.71. The second kappa shape index (κ2) is 8.88. The Hall–Kier alpha value is -4.58. The Kier molecular flexibility index (Phi) is 5.47. The van der Waals surface area contributed by atoms with Crippen LogP contribution < -0.4 is 10.6 Å². The number of aromatic nitrogens is 3. The van der Waals surface area contributed by atoms with Crippen LogP contribution in [-0.2, 0) is 4.79 Å². The summed E-state index contributed by atoms with van der Waals surface area (Å²) in [6.45, 7) is 1.81. The Morgan fingerprint density at radius 3 is 2.61 bits per heavy atom. The lowest BCUT2D eigenvalue weighted by Gasteiger charge is -2.11. The summed E-state index contributed by atoms with van der Waals surface area (Å²) >= 11 is 0. The molecule has 2 N–H and O–H groups in total. The molecule has 0 unspecified atom stereocenters. The van der Waals surface area contributed by atoms with Crippen molar-refractivity contribution < 1.29 is 4.79 Å². The molecule has 0 fully saturated rings. The van der Waals surface area contributed by atoms with Crippen molar-refractivity contribution in [1.82, 2.24) is 15.0 Å². The van der Waals surface area contributed by atoms with Crippen LogP contribution in [0.3, 0.4) is 0 Å². The Balaban J connectivity index is 1.49. The van der Waals surface area contributed by atoms with Crippen LogP contribution in [-0.4, -0.2) is 20.9 Å². The average molecular weight is 431 g/mol. The Labute approximate surface area is 191 Å². The number of para-hydroxylation sites is 1. The van der Waals surface area contributed by atoms with E-state index in [0.29, 0.717) is 11.5 Å². The van der Waals surface area contributed by atoms with E-state index in [4.69, 9.17) is 0 Å². The van der Waals surface area contributed by atoms with Crippen molar-refractivity contribution in [3.63, 3.8) is 0 Å². The number of carbonyl (C=O) groups is 1. The van der Waals surface area contributed by atoms with Gasteiger partial charge >= 0.3 is 0 Å². The predicted molar refractivity (Wildman–Crippen MR) is 133 cm³/mol. The van der Waals surface area contributed by atoms with Crippen LogP contribution in [0.2, 0.25) is 0 Å². The quantitative estimate of drug-likeness (QED) is 0.329. The van der Waals surface area contributed by atoms with E-state index >= 15 is 0 Å². The van der Waals surface area contributed by atoms with Crippen LogP contribution in [0.15, 0.2) is 97.5 Å². The van der Waals surface area contributed by atoms with Crippen molar-refractivity contribution in [2.24, 2.45) is 0 Å². The number of hydrogen-bond donors (Lipinski definition) is 2. The highest BCUT2D eigenvalue weighted by molar-refractivity contribution is 6.00. The van der Waals surface area contributed by atoms with Gasteiger partial charge in [-0.2, -0.15) is 0 Å². The molecule has 0 aliphatic heterocycles. The molecule has 3 aromatic carbocycles. The summed E-state index contributed by atoms with van der Waals surface area (Å²) in [6.07, 6.45) is 6.62. The first-order chi connectivity index (χ1) is 16.2. The normalized spacial score (nSPS) is 11.2. The van der Waals surface area contributed by atoms with Gasteiger partial charge < -0.3 is 10.6 Å². The van der Waals surface area contributed by atoms with Gasteiger partial charge in [-0.05, 0) is 61.0 Å². The molecule has 6 nitrogen and oxygen atoms in total. The molecule has 33 heavy (non-hydrogen) atoms. The standard InChI is InChI=1S/C27H21N5O/c1-2-6-26(33)31-21-8-5-9-22(15-21)32-27-23-14-18(11-12-25(23)29-17-30-27)20-13-19-7-3-4-10-24(19)28-16-20/h2-17H,1H3,(H,31,33)(H,29,30,32)/b6-2+. The van der Waals surface area contributed by atoms with Crippen LogP contribution >= 0.6 is 0 Å². The van der Waals surface area contributed by atoms with Gasteiger partial charge in [0.15, 0.2) is 0 Å². The van der Waals surface area contributed by atoms with Gasteiger partial charge in [-0.3, -0.25) is 9.78 Å². The number of amides is 1. The molecule has 0 aliphatic carbocycles. The second-order valence-corrected chi connectivity index (χ2v) is 7.57. The highest BCUT2D eigenvalue weighted by Gasteiger charge is 2.08. The molecule has 2 heterocycles. The lowest BCUT2D eigenvalue weighted by molar-refractivity contribution is -0.111. The number of nitrogens with one attached hydrogen (secondary N) is 2. The molecule has 0 radical (unpaired) electrons. The lowest BCUT2D eigenvalue weighted by atomic mass is 10.0. The number of fused-ring (bicyclic) bond motifs is 2. The number of hydrogen-bond acceptors (Lipinski definition) is 5.